The number of benzene rings is 1. The van der Waals surface area contributed by atoms with Gasteiger partial charge in [-0.3, -0.25) is 4.79 Å². The molecule has 27 heavy (non-hydrogen) atoms. The molecule has 8 nitrogen and oxygen atoms in total. The van der Waals surface area contributed by atoms with E-state index in [0.29, 0.717) is 30.9 Å². The maximum absolute atomic E-state index is 12.4. The van der Waals surface area contributed by atoms with Crippen LogP contribution in [0.15, 0.2) is 30.0 Å². The van der Waals surface area contributed by atoms with Gasteiger partial charge in [0.05, 0.1) is 28.8 Å². The number of amides is 1. The van der Waals surface area contributed by atoms with Gasteiger partial charge in [-0.25, -0.2) is 8.42 Å². The molecule has 1 unspecified atom stereocenters. The number of ether oxygens (including phenoxy) is 1. The number of halogens is 1. The highest BCUT2D eigenvalue weighted by Gasteiger charge is 2.31. The summed E-state index contributed by atoms with van der Waals surface area (Å²) in [6.07, 6.45) is 1.83. The Labute approximate surface area is 163 Å². The third kappa shape index (κ3) is 5.85. The predicted molar refractivity (Wildman–Crippen MR) is 104 cm³/mol. The van der Waals surface area contributed by atoms with Crippen molar-refractivity contribution in [2.45, 2.75) is 12.5 Å². The Morgan fingerprint density at radius 1 is 1.56 bits per heavy atom. The van der Waals surface area contributed by atoms with Gasteiger partial charge in [0.2, 0.25) is 0 Å². The molecule has 3 N–H and O–H groups in total. The van der Waals surface area contributed by atoms with Crippen molar-refractivity contribution in [2.24, 2.45) is 0 Å². The van der Waals surface area contributed by atoms with E-state index in [-0.39, 0.29) is 28.1 Å². The Morgan fingerprint density at radius 2 is 2.30 bits per heavy atom. The van der Waals surface area contributed by atoms with E-state index in [9.17, 15) is 18.5 Å². The molecular formula is C17H21ClN4O4S. The van der Waals surface area contributed by atoms with Crippen LogP contribution < -0.4 is 11.1 Å². The van der Waals surface area contributed by atoms with E-state index in [0.717, 1.165) is 0 Å². The quantitative estimate of drug-likeness (QED) is 0.394. The molecular weight excluding hydrogens is 392 g/mol. The van der Waals surface area contributed by atoms with Gasteiger partial charge < -0.3 is 20.7 Å². The van der Waals surface area contributed by atoms with Gasteiger partial charge >= 0.3 is 0 Å². The van der Waals surface area contributed by atoms with Crippen LogP contribution in [-0.2, 0) is 19.4 Å². The van der Waals surface area contributed by atoms with Gasteiger partial charge in [-0.15, -0.1) is 0 Å². The summed E-state index contributed by atoms with van der Waals surface area (Å²) in [5, 5.41) is 12.3. The van der Waals surface area contributed by atoms with Crippen molar-refractivity contribution in [3.8, 4) is 6.07 Å². The number of nitrogens with zero attached hydrogens (tertiary/aromatic N) is 2. The van der Waals surface area contributed by atoms with Crippen LogP contribution in [0.3, 0.4) is 0 Å². The molecule has 1 aliphatic heterocycles. The van der Waals surface area contributed by atoms with Crippen LogP contribution >= 0.6 is 11.6 Å². The summed E-state index contributed by atoms with van der Waals surface area (Å²) in [7, 11) is -1.58. The fourth-order valence-corrected chi connectivity index (χ4v) is 4.62. The normalized spacial score (nSPS) is 18.7. The number of anilines is 2. The van der Waals surface area contributed by atoms with Crippen molar-refractivity contribution >= 4 is 38.7 Å². The lowest BCUT2D eigenvalue weighted by Gasteiger charge is -2.26. The minimum Gasteiger partial charge on any atom is -0.398 e. The summed E-state index contributed by atoms with van der Waals surface area (Å²) in [5.74, 6) is -0.546. The van der Waals surface area contributed by atoms with Gasteiger partial charge in [-0.05, 0) is 24.6 Å². The van der Waals surface area contributed by atoms with Gasteiger partial charge in [0, 0.05) is 31.6 Å². The van der Waals surface area contributed by atoms with Crippen molar-refractivity contribution in [1.29, 1.82) is 5.26 Å². The van der Waals surface area contributed by atoms with Crippen LogP contribution in [-0.4, -0.2) is 57.0 Å². The molecule has 0 spiro atoms. The van der Waals surface area contributed by atoms with Gasteiger partial charge in [-0.1, -0.05) is 11.6 Å². The minimum atomic E-state index is -3.11. The van der Waals surface area contributed by atoms with Crippen LogP contribution in [0.2, 0.25) is 5.02 Å². The number of nitrogens with one attached hydrogen (secondary N) is 1. The maximum atomic E-state index is 12.4. The Hall–Kier alpha value is -2.28. The van der Waals surface area contributed by atoms with Gasteiger partial charge in [-0.2, -0.15) is 5.26 Å². The van der Waals surface area contributed by atoms with Crippen LogP contribution in [0.1, 0.15) is 6.42 Å². The number of methoxy groups -OCH3 is 1. The molecule has 1 heterocycles. The number of carbonyl (C=O) groups is 1. The standard InChI is InChI=1S/C17H21ClN4O4S/c1-26-6-5-22(14-4-7-27(24,25)11-14)10-12(9-19)17(23)21-13-2-3-16(20)15(18)8-13/h2-3,8,10,14H,4-7,11,20H2,1H3,(H,21,23)/b12-10-. The molecule has 0 radical (unpaired) electrons. The molecule has 0 saturated carbocycles. The number of hydrogen-bond acceptors (Lipinski definition) is 7. The van der Waals surface area contributed by atoms with Crippen molar-refractivity contribution in [2.75, 3.05) is 42.8 Å². The Balaban J connectivity index is 2.19. The topological polar surface area (TPSA) is 126 Å². The van der Waals surface area contributed by atoms with E-state index in [4.69, 9.17) is 22.1 Å². The highest BCUT2D eigenvalue weighted by molar-refractivity contribution is 7.91. The summed E-state index contributed by atoms with van der Waals surface area (Å²) in [4.78, 5) is 14.1. The smallest absolute Gasteiger partial charge is 0.267 e. The van der Waals surface area contributed by atoms with E-state index >= 15 is 0 Å². The van der Waals surface area contributed by atoms with E-state index in [1.165, 1.54) is 19.4 Å². The Bertz CT molecular complexity index is 879. The monoisotopic (exact) mass is 412 g/mol. The predicted octanol–water partition coefficient (Wildman–Crippen LogP) is 1.40. The van der Waals surface area contributed by atoms with Crippen molar-refractivity contribution in [3.05, 3.63) is 35.0 Å². The average Bonchev–Trinajstić information content (AvgIpc) is 2.98. The van der Waals surface area contributed by atoms with Crippen LogP contribution in [0.4, 0.5) is 11.4 Å². The van der Waals surface area contributed by atoms with Crippen LogP contribution in [0.25, 0.3) is 0 Å². The number of nitriles is 1. The molecule has 1 fully saturated rings. The second-order valence-corrected chi connectivity index (χ2v) is 8.77. The Morgan fingerprint density at radius 3 is 2.85 bits per heavy atom. The molecule has 0 aromatic heterocycles. The van der Waals surface area contributed by atoms with E-state index in [2.05, 4.69) is 5.32 Å². The first-order valence-electron chi connectivity index (χ1n) is 8.19. The third-order valence-corrected chi connectivity index (χ3v) is 6.23. The van der Waals surface area contributed by atoms with Crippen molar-refractivity contribution in [1.82, 2.24) is 4.90 Å². The van der Waals surface area contributed by atoms with Gasteiger partial charge in [0.1, 0.15) is 11.6 Å². The number of nitrogens with two attached hydrogens (primary N) is 1. The summed E-state index contributed by atoms with van der Waals surface area (Å²) >= 11 is 5.93. The summed E-state index contributed by atoms with van der Waals surface area (Å²) in [5.41, 5.74) is 6.25. The Kier molecular flexibility index (Phi) is 7.07. The first kappa shape index (κ1) is 21.0. The highest BCUT2D eigenvalue weighted by Crippen LogP contribution is 2.23. The van der Waals surface area contributed by atoms with E-state index < -0.39 is 15.7 Å². The molecule has 0 aliphatic carbocycles. The van der Waals surface area contributed by atoms with E-state index in [1.54, 1.807) is 17.0 Å². The lowest BCUT2D eigenvalue weighted by Crippen LogP contribution is -2.35. The lowest BCUT2D eigenvalue weighted by molar-refractivity contribution is -0.112. The zero-order chi connectivity index (χ0) is 20.0. The average molecular weight is 413 g/mol. The largest absolute Gasteiger partial charge is 0.398 e. The zero-order valence-electron chi connectivity index (χ0n) is 14.8. The maximum Gasteiger partial charge on any atom is 0.267 e. The molecule has 1 aliphatic rings. The SMILES string of the molecule is COCCN(/C=C(/C#N)C(=O)Nc1ccc(N)c(Cl)c1)C1CCS(=O)(=O)C1. The number of nitrogen functional groups attached to an aromatic ring is 1. The molecule has 0 bridgehead atoms. The van der Waals surface area contributed by atoms with Crippen molar-refractivity contribution in [3.63, 3.8) is 0 Å². The highest BCUT2D eigenvalue weighted by atomic mass is 35.5. The summed E-state index contributed by atoms with van der Waals surface area (Å²) in [6.45, 7) is 0.698. The number of rotatable bonds is 7. The second-order valence-electron chi connectivity index (χ2n) is 6.13. The van der Waals surface area contributed by atoms with Gasteiger partial charge in [0.15, 0.2) is 9.84 Å². The van der Waals surface area contributed by atoms with Crippen LogP contribution in [0, 0.1) is 11.3 Å². The zero-order valence-corrected chi connectivity index (χ0v) is 16.4. The molecule has 146 valence electrons. The molecule has 1 aromatic carbocycles. The fourth-order valence-electron chi connectivity index (χ4n) is 2.69. The van der Waals surface area contributed by atoms with E-state index in [1.807, 2.05) is 6.07 Å². The molecule has 2 rings (SSSR count). The van der Waals surface area contributed by atoms with Crippen LogP contribution in [0.5, 0.6) is 0 Å². The second kappa shape index (κ2) is 9.08. The molecule has 1 atom stereocenters. The molecule has 1 amide bonds. The number of hydrogen-bond donors (Lipinski definition) is 2. The molecule has 1 saturated heterocycles. The lowest BCUT2D eigenvalue weighted by atomic mass is 10.2. The first-order chi connectivity index (χ1) is 12.8. The molecule has 10 heteroatoms. The molecule has 1 aromatic rings. The first-order valence-corrected chi connectivity index (χ1v) is 10.4. The summed E-state index contributed by atoms with van der Waals surface area (Å²) < 4.78 is 28.6. The fraction of sp³-hybridized carbons (Fsp3) is 0.412. The summed E-state index contributed by atoms with van der Waals surface area (Å²) in [6, 6.07) is 6.16. The van der Waals surface area contributed by atoms with Gasteiger partial charge in [0.25, 0.3) is 5.91 Å². The number of sulfone groups is 1. The minimum absolute atomic E-state index is 0.0128. The van der Waals surface area contributed by atoms with Crippen molar-refractivity contribution < 1.29 is 17.9 Å². The third-order valence-electron chi connectivity index (χ3n) is 4.15. The number of carbonyl (C=O) groups excluding carboxylic acids is 1.